The van der Waals surface area contributed by atoms with Gasteiger partial charge in [-0.25, -0.2) is 0 Å². The molecule has 0 unspecified atom stereocenters. The minimum absolute atomic E-state index is 0.191. The molecule has 0 atom stereocenters. The van der Waals surface area contributed by atoms with E-state index in [1.165, 1.54) is 8.61 Å². The lowest BCUT2D eigenvalue weighted by molar-refractivity contribution is -0.116. The zero-order valence-corrected chi connectivity index (χ0v) is 17.8. The van der Waals surface area contributed by atoms with Gasteiger partial charge < -0.3 is 5.32 Å². The summed E-state index contributed by atoms with van der Waals surface area (Å²) >= 11 is 6.15. The van der Waals surface area contributed by atoms with Crippen LogP contribution in [0.5, 0.6) is 0 Å². The van der Waals surface area contributed by atoms with Crippen LogP contribution in [0.3, 0.4) is 0 Å². The summed E-state index contributed by atoms with van der Waals surface area (Å²) in [5.41, 5.74) is 4.50. The number of halogens is 1. The van der Waals surface area contributed by atoms with Crippen LogP contribution in [0.1, 0.15) is 22.3 Å². The molecule has 0 aromatic heterocycles. The summed E-state index contributed by atoms with van der Waals surface area (Å²) in [6.07, 6.45) is 0. The minimum Gasteiger partial charge on any atom is -0.324 e. The summed E-state index contributed by atoms with van der Waals surface area (Å²) in [5, 5.41) is 3.39. The van der Waals surface area contributed by atoms with Crippen LogP contribution in [0.4, 0.5) is 5.69 Å². The second kappa shape index (κ2) is 8.21. The van der Waals surface area contributed by atoms with Gasteiger partial charge in [-0.3, -0.25) is 4.79 Å². The van der Waals surface area contributed by atoms with E-state index in [0.717, 1.165) is 27.9 Å². The highest BCUT2D eigenvalue weighted by Crippen LogP contribution is 2.25. The van der Waals surface area contributed by atoms with Gasteiger partial charge in [0.2, 0.25) is 5.91 Å². The fraction of sp³-hybridized carbons (Fsp3) is 0.350. The lowest BCUT2D eigenvalue weighted by Crippen LogP contribution is -2.38. The molecule has 1 N–H and O–H groups in total. The molecule has 0 radical (unpaired) electrons. The lowest BCUT2D eigenvalue weighted by atomic mass is 10.1. The van der Waals surface area contributed by atoms with Gasteiger partial charge in [-0.2, -0.15) is 17.0 Å². The molecule has 1 aliphatic rings. The molecular weight excluding hydrogens is 398 g/mol. The summed E-state index contributed by atoms with van der Waals surface area (Å²) in [6, 6.07) is 11.1. The van der Waals surface area contributed by atoms with E-state index in [4.69, 9.17) is 11.6 Å². The van der Waals surface area contributed by atoms with Crippen molar-refractivity contribution in [3.05, 3.63) is 63.7 Å². The number of carbonyl (C=O) groups excluding carboxylic acids is 1. The summed E-state index contributed by atoms with van der Waals surface area (Å²) in [4.78, 5) is 12.5. The Balaban J connectivity index is 1.68. The third kappa shape index (κ3) is 4.38. The van der Waals surface area contributed by atoms with Gasteiger partial charge in [0.15, 0.2) is 0 Å². The Bertz CT molecular complexity index is 985. The number of nitrogens with zero attached hydrogens (tertiary/aromatic N) is 2. The predicted octanol–water partition coefficient (Wildman–Crippen LogP) is 3.27. The fourth-order valence-corrected chi connectivity index (χ4v) is 5.20. The summed E-state index contributed by atoms with van der Waals surface area (Å²) in [5.74, 6) is -0.349. The number of amides is 1. The maximum atomic E-state index is 12.8. The van der Waals surface area contributed by atoms with Crippen LogP contribution in [-0.4, -0.2) is 42.6 Å². The molecule has 0 saturated carbocycles. The first-order chi connectivity index (χ1) is 13.2. The van der Waals surface area contributed by atoms with E-state index in [9.17, 15) is 13.2 Å². The molecule has 1 heterocycles. The third-order valence-electron chi connectivity index (χ3n) is 4.82. The average molecular weight is 422 g/mol. The van der Waals surface area contributed by atoms with Gasteiger partial charge in [0.05, 0.1) is 6.54 Å². The fourth-order valence-electron chi connectivity index (χ4n) is 3.47. The van der Waals surface area contributed by atoms with Crippen molar-refractivity contribution in [3.63, 3.8) is 0 Å². The molecule has 1 fully saturated rings. The zero-order chi connectivity index (χ0) is 20.5. The highest BCUT2D eigenvalue weighted by molar-refractivity contribution is 7.87. The molecule has 1 amide bonds. The van der Waals surface area contributed by atoms with Crippen LogP contribution in [0.15, 0.2) is 36.4 Å². The van der Waals surface area contributed by atoms with Gasteiger partial charge in [-0.1, -0.05) is 47.5 Å². The Hall–Kier alpha value is -1.93. The van der Waals surface area contributed by atoms with Crippen LogP contribution < -0.4 is 5.32 Å². The average Bonchev–Trinajstić information content (AvgIpc) is 2.87. The molecule has 3 rings (SSSR count). The van der Waals surface area contributed by atoms with Crippen molar-refractivity contribution in [1.29, 1.82) is 0 Å². The van der Waals surface area contributed by atoms with Crippen molar-refractivity contribution >= 4 is 33.4 Å². The molecule has 28 heavy (non-hydrogen) atoms. The van der Waals surface area contributed by atoms with E-state index < -0.39 is 10.2 Å². The first-order valence-corrected chi connectivity index (χ1v) is 10.8. The zero-order valence-electron chi connectivity index (χ0n) is 16.2. The molecule has 6 nitrogen and oxygen atoms in total. The molecule has 8 heteroatoms. The molecule has 0 spiro atoms. The smallest absolute Gasteiger partial charge is 0.282 e. The first kappa shape index (κ1) is 20.8. The molecule has 2 aromatic rings. The number of carbonyl (C=O) groups is 1. The van der Waals surface area contributed by atoms with E-state index in [0.29, 0.717) is 11.6 Å². The Morgan fingerprint density at radius 1 is 1.07 bits per heavy atom. The number of hydrogen-bond acceptors (Lipinski definition) is 3. The third-order valence-corrected chi connectivity index (χ3v) is 7.11. The Morgan fingerprint density at radius 3 is 2.32 bits per heavy atom. The molecule has 2 aromatic carbocycles. The molecule has 0 aliphatic carbocycles. The van der Waals surface area contributed by atoms with Crippen molar-refractivity contribution < 1.29 is 13.2 Å². The molecular formula is C20H24ClN3O3S. The quantitative estimate of drug-likeness (QED) is 0.805. The van der Waals surface area contributed by atoms with E-state index in [1.807, 2.05) is 39.0 Å². The van der Waals surface area contributed by atoms with Gasteiger partial charge >= 0.3 is 0 Å². The standard InChI is InChI=1S/C20H24ClN3O3S/c1-14-10-15(2)20(16(3)11-14)22-19(25)13-24-9-8-23(28(24,26)27)12-17-6-4-5-7-18(17)21/h4-7,10-11H,8-9,12-13H2,1-3H3,(H,22,25). The normalized spacial score (nSPS) is 17.0. The Labute approximate surface area is 171 Å². The number of benzene rings is 2. The SMILES string of the molecule is Cc1cc(C)c(NC(=O)CN2CCN(Cc3ccccc3Cl)S2(=O)=O)c(C)c1. The monoisotopic (exact) mass is 421 g/mol. The molecule has 1 aliphatic heterocycles. The van der Waals surface area contributed by atoms with Crippen LogP contribution in [0.25, 0.3) is 0 Å². The van der Waals surface area contributed by atoms with Crippen molar-refractivity contribution in [2.24, 2.45) is 0 Å². The van der Waals surface area contributed by atoms with Gasteiger partial charge in [-0.05, 0) is 43.5 Å². The maximum absolute atomic E-state index is 12.8. The Kier molecular flexibility index (Phi) is 6.09. The van der Waals surface area contributed by atoms with Crippen molar-refractivity contribution in [1.82, 2.24) is 8.61 Å². The Morgan fingerprint density at radius 2 is 1.68 bits per heavy atom. The number of hydrogen-bond donors (Lipinski definition) is 1. The van der Waals surface area contributed by atoms with Crippen molar-refractivity contribution in [2.45, 2.75) is 27.3 Å². The lowest BCUT2D eigenvalue weighted by Gasteiger charge is -2.19. The van der Waals surface area contributed by atoms with E-state index in [-0.39, 0.29) is 25.5 Å². The summed E-state index contributed by atoms with van der Waals surface area (Å²) in [6.45, 7) is 6.41. The van der Waals surface area contributed by atoms with Gasteiger partial charge in [-0.15, -0.1) is 0 Å². The van der Waals surface area contributed by atoms with Crippen LogP contribution >= 0.6 is 11.6 Å². The van der Waals surface area contributed by atoms with Crippen molar-refractivity contribution in [3.8, 4) is 0 Å². The van der Waals surface area contributed by atoms with Gasteiger partial charge in [0.1, 0.15) is 0 Å². The van der Waals surface area contributed by atoms with Crippen LogP contribution in [-0.2, 0) is 21.5 Å². The van der Waals surface area contributed by atoms with E-state index in [2.05, 4.69) is 5.32 Å². The van der Waals surface area contributed by atoms with Gasteiger partial charge in [0, 0.05) is 30.3 Å². The number of nitrogens with one attached hydrogen (secondary N) is 1. The van der Waals surface area contributed by atoms with E-state index >= 15 is 0 Å². The molecule has 1 saturated heterocycles. The topological polar surface area (TPSA) is 69.7 Å². The highest BCUT2D eigenvalue weighted by Gasteiger charge is 2.37. The maximum Gasteiger partial charge on any atom is 0.282 e. The number of anilines is 1. The number of aryl methyl sites for hydroxylation is 3. The minimum atomic E-state index is -3.71. The van der Waals surface area contributed by atoms with Crippen LogP contribution in [0.2, 0.25) is 5.02 Å². The predicted molar refractivity (Wildman–Crippen MR) is 112 cm³/mol. The summed E-state index contributed by atoms with van der Waals surface area (Å²) in [7, 11) is -3.71. The van der Waals surface area contributed by atoms with Crippen LogP contribution in [0, 0.1) is 20.8 Å². The molecule has 0 bridgehead atoms. The first-order valence-electron chi connectivity index (χ1n) is 9.05. The van der Waals surface area contributed by atoms with Gasteiger partial charge in [0.25, 0.3) is 10.2 Å². The molecule has 150 valence electrons. The second-order valence-corrected chi connectivity index (χ2v) is 9.42. The number of rotatable bonds is 5. The summed E-state index contributed by atoms with van der Waals surface area (Å²) < 4.78 is 28.2. The largest absolute Gasteiger partial charge is 0.324 e. The van der Waals surface area contributed by atoms with E-state index in [1.54, 1.807) is 18.2 Å². The highest BCUT2D eigenvalue weighted by atomic mass is 35.5. The van der Waals surface area contributed by atoms with Crippen molar-refractivity contribution in [2.75, 3.05) is 25.0 Å². The second-order valence-electron chi connectivity index (χ2n) is 7.09.